The molecule has 0 saturated carbocycles. The van der Waals surface area contributed by atoms with E-state index in [1.165, 1.54) is 16.4 Å². The molecule has 1 aromatic carbocycles. The number of carbonyl (C=O) groups excluding carboxylic acids is 2. The van der Waals surface area contributed by atoms with E-state index in [0.717, 1.165) is 6.42 Å². The first-order valence-electron chi connectivity index (χ1n) is 10.2. The highest BCUT2D eigenvalue weighted by Crippen LogP contribution is 2.34. The van der Waals surface area contributed by atoms with Gasteiger partial charge < -0.3 is 18.9 Å². The van der Waals surface area contributed by atoms with Crippen molar-refractivity contribution in [3.05, 3.63) is 18.2 Å². The molecule has 0 bridgehead atoms. The van der Waals surface area contributed by atoms with Crippen molar-refractivity contribution < 1.29 is 37.0 Å². The molecular weight excluding hydrogens is 414 g/mol. The number of nitrogens with zero attached hydrogens (tertiary/aromatic N) is 1. The van der Waals surface area contributed by atoms with E-state index in [4.69, 9.17) is 18.9 Å². The SMILES string of the molecule is C[C@@H]1C[C@H](OC(=O)C2CCN(S(=O)(=O)c3ccc4c(c3)OCCCO4)CC2)C(=O)O1. The Hall–Kier alpha value is -2.33. The Labute approximate surface area is 175 Å². The van der Waals surface area contributed by atoms with Crippen LogP contribution in [0.3, 0.4) is 0 Å². The highest BCUT2D eigenvalue weighted by atomic mass is 32.2. The largest absolute Gasteiger partial charge is 0.490 e. The van der Waals surface area contributed by atoms with E-state index >= 15 is 0 Å². The summed E-state index contributed by atoms with van der Waals surface area (Å²) in [6.07, 6.45) is 0.619. The van der Waals surface area contributed by atoms with Crippen LogP contribution >= 0.6 is 0 Å². The summed E-state index contributed by atoms with van der Waals surface area (Å²) in [4.78, 5) is 24.2. The molecule has 2 saturated heterocycles. The third-order valence-electron chi connectivity index (χ3n) is 5.53. The van der Waals surface area contributed by atoms with Crippen molar-refractivity contribution >= 4 is 22.0 Å². The molecule has 2 atom stereocenters. The molecule has 0 aromatic heterocycles. The van der Waals surface area contributed by atoms with E-state index in [-0.39, 0.29) is 24.1 Å². The highest BCUT2D eigenvalue weighted by Gasteiger charge is 2.38. The minimum atomic E-state index is -3.72. The lowest BCUT2D eigenvalue weighted by Crippen LogP contribution is -2.41. The summed E-state index contributed by atoms with van der Waals surface area (Å²) in [7, 11) is -3.72. The lowest BCUT2D eigenvalue weighted by Gasteiger charge is -2.30. The van der Waals surface area contributed by atoms with Crippen LogP contribution in [-0.4, -0.2) is 63.2 Å². The number of piperidine rings is 1. The van der Waals surface area contributed by atoms with Crippen molar-refractivity contribution in [2.45, 2.75) is 49.7 Å². The fourth-order valence-corrected chi connectivity index (χ4v) is 5.32. The second-order valence-electron chi connectivity index (χ2n) is 7.75. The molecule has 1 aromatic rings. The molecule has 0 N–H and O–H groups in total. The average molecular weight is 439 g/mol. The molecule has 0 amide bonds. The van der Waals surface area contributed by atoms with Gasteiger partial charge >= 0.3 is 11.9 Å². The minimum absolute atomic E-state index is 0.135. The number of hydrogen-bond acceptors (Lipinski definition) is 8. The zero-order valence-electron chi connectivity index (χ0n) is 16.7. The van der Waals surface area contributed by atoms with Crippen LogP contribution in [0.4, 0.5) is 0 Å². The molecule has 3 heterocycles. The molecule has 3 aliphatic heterocycles. The number of esters is 2. The maximum absolute atomic E-state index is 13.0. The maximum atomic E-state index is 13.0. The first-order chi connectivity index (χ1) is 14.3. The van der Waals surface area contributed by atoms with Crippen LogP contribution in [0.1, 0.15) is 32.6 Å². The summed E-state index contributed by atoms with van der Waals surface area (Å²) >= 11 is 0. The molecule has 0 aliphatic carbocycles. The van der Waals surface area contributed by atoms with Crippen molar-refractivity contribution in [2.24, 2.45) is 5.92 Å². The highest BCUT2D eigenvalue weighted by molar-refractivity contribution is 7.89. The molecule has 30 heavy (non-hydrogen) atoms. The normalized spacial score (nSPS) is 25.4. The van der Waals surface area contributed by atoms with Crippen LogP contribution in [0.5, 0.6) is 11.5 Å². The van der Waals surface area contributed by atoms with Crippen LogP contribution in [0.2, 0.25) is 0 Å². The molecule has 2 fully saturated rings. The van der Waals surface area contributed by atoms with Crippen molar-refractivity contribution in [1.29, 1.82) is 0 Å². The van der Waals surface area contributed by atoms with Crippen LogP contribution < -0.4 is 9.47 Å². The van der Waals surface area contributed by atoms with Gasteiger partial charge in [0.1, 0.15) is 6.10 Å². The lowest BCUT2D eigenvalue weighted by atomic mass is 9.98. The Morgan fingerprint density at radius 3 is 2.50 bits per heavy atom. The zero-order valence-corrected chi connectivity index (χ0v) is 17.6. The number of cyclic esters (lactones) is 1. The monoisotopic (exact) mass is 439 g/mol. The average Bonchev–Trinajstić information content (AvgIpc) is 2.92. The topological polar surface area (TPSA) is 108 Å². The first kappa shape index (κ1) is 20.9. The molecule has 9 nitrogen and oxygen atoms in total. The quantitative estimate of drug-likeness (QED) is 0.650. The smallest absolute Gasteiger partial charge is 0.347 e. The number of sulfonamides is 1. The summed E-state index contributed by atoms with van der Waals surface area (Å²) in [5, 5.41) is 0. The van der Waals surface area contributed by atoms with Gasteiger partial charge in [-0.05, 0) is 31.9 Å². The predicted molar refractivity (Wildman–Crippen MR) is 104 cm³/mol. The molecule has 4 rings (SSSR count). The first-order valence-corrected chi connectivity index (χ1v) is 11.6. The Kier molecular flexibility index (Phi) is 5.88. The summed E-state index contributed by atoms with van der Waals surface area (Å²) in [5.74, 6) is -0.481. The van der Waals surface area contributed by atoms with Crippen molar-refractivity contribution in [1.82, 2.24) is 4.31 Å². The van der Waals surface area contributed by atoms with Gasteiger partial charge in [0.15, 0.2) is 11.5 Å². The minimum Gasteiger partial charge on any atom is -0.490 e. The second kappa shape index (κ2) is 8.43. The van der Waals surface area contributed by atoms with Gasteiger partial charge in [-0.2, -0.15) is 4.31 Å². The van der Waals surface area contributed by atoms with Crippen LogP contribution in [-0.2, 0) is 29.1 Å². The van der Waals surface area contributed by atoms with E-state index in [0.29, 0.717) is 44.0 Å². The van der Waals surface area contributed by atoms with E-state index in [1.54, 1.807) is 13.0 Å². The van der Waals surface area contributed by atoms with Crippen LogP contribution in [0, 0.1) is 5.92 Å². The third-order valence-corrected chi connectivity index (χ3v) is 7.42. The molecule has 0 unspecified atom stereocenters. The predicted octanol–water partition coefficient (Wildman–Crippen LogP) is 1.50. The number of hydrogen-bond donors (Lipinski definition) is 0. The van der Waals surface area contributed by atoms with Gasteiger partial charge in [0.05, 0.1) is 24.0 Å². The van der Waals surface area contributed by atoms with Gasteiger partial charge in [-0.15, -0.1) is 0 Å². The molecular formula is C20H25NO8S. The van der Waals surface area contributed by atoms with Gasteiger partial charge in [0.25, 0.3) is 0 Å². The Morgan fingerprint density at radius 2 is 1.83 bits per heavy atom. The van der Waals surface area contributed by atoms with Crippen molar-refractivity contribution in [2.75, 3.05) is 26.3 Å². The van der Waals surface area contributed by atoms with Crippen LogP contribution in [0.25, 0.3) is 0 Å². The van der Waals surface area contributed by atoms with E-state index in [2.05, 4.69) is 0 Å². The Balaban J connectivity index is 1.38. The molecule has 0 spiro atoms. The number of rotatable bonds is 4. The summed E-state index contributed by atoms with van der Waals surface area (Å²) < 4.78 is 48.9. The van der Waals surface area contributed by atoms with Gasteiger partial charge in [-0.3, -0.25) is 4.79 Å². The van der Waals surface area contributed by atoms with Gasteiger partial charge in [-0.1, -0.05) is 0 Å². The fourth-order valence-electron chi connectivity index (χ4n) is 3.84. The summed E-state index contributed by atoms with van der Waals surface area (Å²) in [6, 6.07) is 4.61. The maximum Gasteiger partial charge on any atom is 0.347 e. The van der Waals surface area contributed by atoms with Crippen molar-refractivity contribution in [3.8, 4) is 11.5 Å². The second-order valence-corrected chi connectivity index (χ2v) is 9.68. The standard InChI is InChI=1S/C20H25NO8S/c1-13-11-18(20(23)28-13)29-19(22)14-5-7-21(8-6-14)30(24,25)15-3-4-16-17(12-15)27-10-2-9-26-16/h3-4,12-14,18H,2,5-11H2,1H3/t13-,18+/m1/s1. The lowest BCUT2D eigenvalue weighted by molar-refractivity contribution is -0.164. The Bertz CT molecular complexity index is 923. The summed E-state index contributed by atoms with van der Waals surface area (Å²) in [5.41, 5.74) is 0. The van der Waals surface area contributed by atoms with Crippen molar-refractivity contribution in [3.63, 3.8) is 0 Å². The summed E-state index contributed by atoms with van der Waals surface area (Å²) in [6.45, 7) is 3.14. The molecule has 164 valence electrons. The molecule has 3 aliphatic rings. The molecule has 0 radical (unpaired) electrons. The fraction of sp³-hybridized carbons (Fsp3) is 0.600. The van der Waals surface area contributed by atoms with E-state index in [9.17, 15) is 18.0 Å². The van der Waals surface area contributed by atoms with Gasteiger partial charge in [0, 0.05) is 32.0 Å². The number of ether oxygens (including phenoxy) is 4. The van der Waals surface area contributed by atoms with E-state index in [1.807, 2.05) is 0 Å². The Morgan fingerprint density at radius 1 is 1.13 bits per heavy atom. The van der Waals surface area contributed by atoms with Crippen LogP contribution in [0.15, 0.2) is 23.1 Å². The molecule has 10 heteroatoms. The van der Waals surface area contributed by atoms with Gasteiger partial charge in [0.2, 0.25) is 16.1 Å². The number of fused-ring (bicyclic) bond motifs is 1. The number of benzene rings is 1. The van der Waals surface area contributed by atoms with E-state index < -0.39 is 34.0 Å². The van der Waals surface area contributed by atoms with Gasteiger partial charge in [-0.25, -0.2) is 13.2 Å². The zero-order chi connectivity index (χ0) is 21.3. The third kappa shape index (κ3) is 4.24. The number of carbonyl (C=O) groups is 2.